The largest absolute Gasteiger partial charge is 1.00 e. The first kappa shape index (κ1) is 25.5. The average Bonchev–Trinajstić information content (AvgIpc) is 2.75. The summed E-state index contributed by atoms with van der Waals surface area (Å²) in [4.78, 5) is 2.22. The maximum atomic E-state index is 3.73. The molecule has 1 aromatic rings. The number of hydrogen-bond acceptors (Lipinski definition) is 2. The minimum Gasteiger partial charge on any atom is -1.00 e. The van der Waals surface area contributed by atoms with Crippen molar-refractivity contribution in [1.82, 2.24) is 8.70 Å². The summed E-state index contributed by atoms with van der Waals surface area (Å²) in [5.41, 5.74) is 4.50. The molecule has 1 N–H and O–H groups in total. The Morgan fingerprint density at radius 3 is 2.09 bits per heavy atom. The molecule has 0 aliphatic heterocycles. The van der Waals surface area contributed by atoms with Crippen LogP contribution in [0, 0.1) is 0 Å². The minimum atomic E-state index is -0.208. The molecule has 0 saturated heterocycles. The van der Waals surface area contributed by atoms with Crippen molar-refractivity contribution in [2.24, 2.45) is 0 Å². The SMILES string of the molecule is CN(C)C1=C[CH]([Ti+2][NH]C(C)(C)C)c2ccccc21.C[SiH2]C.[Cl-].[Cl-]. The molecule has 0 bridgehead atoms. The van der Waals surface area contributed by atoms with Crippen molar-refractivity contribution in [3.05, 3.63) is 41.5 Å². The van der Waals surface area contributed by atoms with Crippen molar-refractivity contribution in [2.45, 2.75) is 43.6 Å². The zero-order chi connectivity index (χ0) is 16.0. The molecule has 0 amide bonds. The van der Waals surface area contributed by atoms with Gasteiger partial charge in [-0.25, -0.2) is 0 Å². The van der Waals surface area contributed by atoms with E-state index in [1.807, 2.05) is 0 Å². The Bertz CT molecular complexity index is 488. The van der Waals surface area contributed by atoms with Crippen LogP contribution < -0.4 is 28.6 Å². The Morgan fingerprint density at radius 1 is 1.09 bits per heavy atom. The smallest absolute Gasteiger partial charge is 0.0135 e. The fraction of sp³-hybridized carbons (Fsp3) is 0.529. The molecular formula is C17H30Cl2N2SiTi. The van der Waals surface area contributed by atoms with Crippen molar-refractivity contribution in [3.63, 3.8) is 0 Å². The molecular weight excluding hydrogens is 379 g/mol. The van der Waals surface area contributed by atoms with E-state index in [9.17, 15) is 0 Å². The first-order chi connectivity index (χ1) is 9.80. The number of fused-ring (bicyclic) bond motifs is 1. The van der Waals surface area contributed by atoms with Gasteiger partial charge in [0, 0.05) is 9.52 Å². The van der Waals surface area contributed by atoms with Gasteiger partial charge in [-0.05, 0) is 0 Å². The summed E-state index contributed by atoms with van der Waals surface area (Å²) in [6.45, 7) is 11.3. The van der Waals surface area contributed by atoms with Gasteiger partial charge < -0.3 is 24.8 Å². The summed E-state index contributed by atoms with van der Waals surface area (Å²) in [5.74, 6) is 0. The molecule has 1 aliphatic carbocycles. The third-order valence-corrected chi connectivity index (χ3v) is 5.61. The zero-order valence-electron chi connectivity index (χ0n) is 15.4. The maximum Gasteiger partial charge on any atom is 0.0135 e. The molecule has 1 unspecified atom stereocenters. The molecule has 130 valence electrons. The van der Waals surface area contributed by atoms with Gasteiger partial charge >= 0.3 is 120 Å². The molecule has 0 radical (unpaired) electrons. The predicted octanol–water partition coefficient (Wildman–Crippen LogP) is -2.71. The third kappa shape index (κ3) is 8.24. The quantitative estimate of drug-likeness (QED) is 0.547. The number of benzene rings is 1. The fourth-order valence-corrected chi connectivity index (χ4v) is 4.07. The molecule has 1 aromatic carbocycles. The summed E-state index contributed by atoms with van der Waals surface area (Å²) in [7, 11) is 4.67. The molecule has 0 aromatic heterocycles. The maximum absolute atomic E-state index is 3.73. The fourth-order valence-electron chi connectivity index (χ4n) is 2.14. The van der Waals surface area contributed by atoms with Crippen molar-refractivity contribution in [3.8, 4) is 0 Å². The van der Waals surface area contributed by atoms with Gasteiger partial charge in [-0.2, -0.15) is 0 Å². The van der Waals surface area contributed by atoms with Crippen LogP contribution in [0.4, 0.5) is 0 Å². The number of hydrogen-bond donors (Lipinski definition) is 1. The normalized spacial score (nSPS) is 14.9. The van der Waals surface area contributed by atoms with Crippen molar-refractivity contribution in [2.75, 3.05) is 14.1 Å². The standard InChI is InChI=1S/C11H12N.C4H10N.C2H8Si.2ClH.Ti/c1-12(2)11-8-7-9-5-3-4-6-10(9)11;1-4(2,3)5;1-3-2;;;/h3-8H,1-2H3;5H,1-3H3;3H2,1-2H3;2*1H;/q;-1;;;;+3/p-2. The van der Waals surface area contributed by atoms with Crippen LogP contribution >= 0.6 is 0 Å². The molecule has 0 heterocycles. The molecule has 0 spiro atoms. The van der Waals surface area contributed by atoms with Crippen LogP contribution in [0.5, 0.6) is 0 Å². The van der Waals surface area contributed by atoms with E-state index >= 15 is 0 Å². The summed E-state index contributed by atoms with van der Waals surface area (Å²) >= 11 is -0.208. The molecule has 23 heavy (non-hydrogen) atoms. The zero-order valence-corrected chi connectivity index (χ0v) is 19.9. The van der Waals surface area contributed by atoms with Gasteiger partial charge in [0.1, 0.15) is 0 Å². The second-order valence-electron chi connectivity index (χ2n) is 6.74. The Hall–Kier alpha value is 0.231. The van der Waals surface area contributed by atoms with Crippen molar-refractivity contribution >= 4 is 15.2 Å². The van der Waals surface area contributed by atoms with E-state index in [1.54, 1.807) is 0 Å². The van der Waals surface area contributed by atoms with Crippen LogP contribution in [0.25, 0.3) is 5.70 Å². The van der Waals surface area contributed by atoms with Gasteiger partial charge in [0.15, 0.2) is 0 Å². The second-order valence-corrected chi connectivity index (χ2v) is 9.96. The number of nitrogens with zero attached hydrogens (tertiary/aromatic N) is 1. The molecule has 6 heteroatoms. The van der Waals surface area contributed by atoms with E-state index in [0.29, 0.717) is 13.7 Å². The predicted molar refractivity (Wildman–Crippen MR) is 94.0 cm³/mol. The van der Waals surface area contributed by atoms with E-state index in [1.165, 1.54) is 16.8 Å². The Kier molecular flexibility index (Phi) is 13.0. The third-order valence-electron chi connectivity index (χ3n) is 2.98. The van der Waals surface area contributed by atoms with E-state index < -0.39 is 0 Å². The molecule has 2 rings (SSSR count). The first-order valence-electron chi connectivity index (χ1n) is 7.81. The average molecular weight is 409 g/mol. The van der Waals surface area contributed by atoms with E-state index in [-0.39, 0.29) is 49.8 Å². The van der Waals surface area contributed by atoms with Crippen LogP contribution in [-0.2, 0) is 19.4 Å². The van der Waals surface area contributed by atoms with E-state index in [0.717, 1.165) is 0 Å². The summed E-state index contributed by atoms with van der Waals surface area (Å²) in [6.07, 6.45) is 2.43. The Labute approximate surface area is 166 Å². The molecule has 1 aliphatic rings. The Balaban J connectivity index is 0. The summed E-state index contributed by atoms with van der Waals surface area (Å²) in [5, 5.41) is 0. The van der Waals surface area contributed by atoms with Crippen LogP contribution in [0.1, 0.15) is 36.1 Å². The topological polar surface area (TPSA) is 15.3 Å². The van der Waals surface area contributed by atoms with Gasteiger partial charge in [0.25, 0.3) is 0 Å². The van der Waals surface area contributed by atoms with Crippen molar-refractivity contribution in [1.29, 1.82) is 0 Å². The number of halogens is 2. The van der Waals surface area contributed by atoms with Gasteiger partial charge in [0.2, 0.25) is 0 Å². The number of nitrogens with one attached hydrogen (secondary N) is 1. The van der Waals surface area contributed by atoms with Gasteiger partial charge in [-0.3, -0.25) is 0 Å². The van der Waals surface area contributed by atoms with Crippen LogP contribution in [0.3, 0.4) is 0 Å². The molecule has 0 saturated carbocycles. The van der Waals surface area contributed by atoms with Crippen LogP contribution in [-0.4, -0.2) is 34.1 Å². The molecule has 0 fully saturated rings. The van der Waals surface area contributed by atoms with Gasteiger partial charge in [-0.1, -0.05) is 13.1 Å². The number of allylic oxidation sites excluding steroid dienone is 1. The second kappa shape index (κ2) is 11.7. The summed E-state index contributed by atoms with van der Waals surface area (Å²) in [6, 6.07) is 8.81. The van der Waals surface area contributed by atoms with E-state index in [2.05, 4.69) is 87.0 Å². The monoisotopic (exact) mass is 408 g/mol. The van der Waals surface area contributed by atoms with Crippen LogP contribution in [0.15, 0.2) is 30.3 Å². The van der Waals surface area contributed by atoms with E-state index in [4.69, 9.17) is 0 Å². The van der Waals surface area contributed by atoms with Gasteiger partial charge in [0.05, 0.1) is 0 Å². The van der Waals surface area contributed by atoms with Crippen LogP contribution in [0.2, 0.25) is 13.1 Å². The van der Waals surface area contributed by atoms with Gasteiger partial charge in [-0.15, -0.1) is 0 Å². The molecule has 2 nitrogen and oxygen atoms in total. The Morgan fingerprint density at radius 2 is 1.61 bits per heavy atom. The minimum absolute atomic E-state index is 0. The van der Waals surface area contributed by atoms with Crippen molar-refractivity contribution < 1.29 is 44.2 Å². The number of rotatable bonds is 3. The first-order valence-corrected chi connectivity index (χ1v) is 12.3. The summed E-state index contributed by atoms with van der Waals surface area (Å²) < 4.78 is 4.34. The molecule has 1 atom stereocenters.